The molecule has 0 aliphatic rings. The Hall–Kier alpha value is -1.69. The number of nitrogens with zero attached hydrogens (tertiary/aromatic N) is 1. The average molecular weight is 190 g/mol. The van der Waals surface area contributed by atoms with Gasteiger partial charge >= 0.3 is 0 Å². The Balaban J connectivity index is 2.78. The van der Waals surface area contributed by atoms with Gasteiger partial charge in [0.1, 0.15) is 11.8 Å². The minimum Gasteiger partial charge on any atom is -0.506 e. The highest BCUT2D eigenvalue weighted by Gasteiger charge is 2.12. The van der Waals surface area contributed by atoms with E-state index in [0.717, 1.165) is 0 Å². The minimum absolute atomic E-state index is 0.174. The fraction of sp³-hybridized carbons (Fsp3) is 0.364. The highest BCUT2D eigenvalue weighted by molar-refractivity contribution is 5.56. The van der Waals surface area contributed by atoms with E-state index in [-0.39, 0.29) is 17.7 Å². The SMILES string of the molecule is CC(C)[C@@H](C#N)Nc1ccccc1O. The molecule has 0 saturated carbocycles. The number of phenolic OH excluding ortho intramolecular Hbond substituents is 1. The van der Waals surface area contributed by atoms with Gasteiger partial charge in [0.2, 0.25) is 0 Å². The van der Waals surface area contributed by atoms with E-state index in [1.54, 1.807) is 18.2 Å². The van der Waals surface area contributed by atoms with Gasteiger partial charge in [-0.25, -0.2) is 0 Å². The van der Waals surface area contributed by atoms with Crippen LogP contribution in [0.1, 0.15) is 13.8 Å². The number of nitrogens with one attached hydrogen (secondary N) is 1. The van der Waals surface area contributed by atoms with Crippen LogP contribution in [0.3, 0.4) is 0 Å². The maximum absolute atomic E-state index is 9.46. The molecule has 0 fully saturated rings. The number of phenols is 1. The summed E-state index contributed by atoms with van der Waals surface area (Å²) in [4.78, 5) is 0. The van der Waals surface area contributed by atoms with Crippen LogP contribution >= 0.6 is 0 Å². The molecule has 0 radical (unpaired) electrons. The highest BCUT2D eigenvalue weighted by Crippen LogP contribution is 2.23. The summed E-state index contributed by atoms with van der Waals surface area (Å²) in [5.41, 5.74) is 0.604. The van der Waals surface area contributed by atoms with Gasteiger partial charge in [0, 0.05) is 0 Å². The third-order valence-corrected chi connectivity index (χ3v) is 2.02. The molecule has 3 nitrogen and oxygen atoms in total. The largest absolute Gasteiger partial charge is 0.506 e. The summed E-state index contributed by atoms with van der Waals surface area (Å²) in [5.74, 6) is 0.382. The molecule has 0 aromatic heterocycles. The first-order valence-corrected chi connectivity index (χ1v) is 4.59. The molecule has 74 valence electrons. The fourth-order valence-corrected chi connectivity index (χ4v) is 1.11. The molecule has 0 saturated heterocycles. The molecule has 1 aromatic rings. The van der Waals surface area contributed by atoms with Crippen molar-refractivity contribution in [2.45, 2.75) is 19.9 Å². The van der Waals surface area contributed by atoms with E-state index < -0.39 is 0 Å². The lowest BCUT2D eigenvalue weighted by molar-refractivity contribution is 0.475. The van der Waals surface area contributed by atoms with Crippen LogP contribution in [-0.4, -0.2) is 11.1 Å². The van der Waals surface area contributed by atoms with Crippen LogP contribution in [0.2, 0.25) is 0 Å². The third kappa shape index (κ3) is 2.40. The lowest BCUT2D eigenvalue weighted by Gasteiger charge is -2.16. The Bertz CT molecular complexity index is 341. The molecule has 0 heterocycles. The van der Waals surface area contributed by atoms with Crippen LogP contribution in [0.15, 0.2) is 24.3 Å². The van der Waals surface area contributed by atoms with Crippen molar-refractivity contribution in [2.75, 3.05) is 5.32 Å². The van der Waals surface area contributed by atoms with Gasteiger partial charge in [-0.15, -0.1) is 0 Å². The predicted octanol–water partition coefficient (Wildman–Crippen LogP) is 2.35. The summed E-state index contributed by atoms with van der Waals surface area (Å²) in [5, 5.41) is 21.3. The van der Waals surface area contributed by atoms with Crippen LogP contribution in [0.4, 0.5) is 5.69 Å². The number of hydrogen-bond donors (Lipinski definition) is 2. The van der Waals surface area contributed by atoms with Crippen molar-refractivity contribution in [3.8, 4) is 11.8 Å². The quantitative estimate of drug-likeness (QED) is 0.719. The second kappa shape index (κ2) is 4.52. The standard InChI is InChI=1S/C11H14N2O/c1-8(2)10(7-12)13-9-5-3-4-6-11(9)14/h3-6,8,10,13-14H,1-2H3/t10-/m1/s1. The normalized spacial score (nSPS) is 12.1. The van der Waals surface area contributed by atoms with E-state index in [2.05, 4.69) is 11.4 Å². The van der Waals surface area contributed by atoms with Crippen LogP contribution in [0.25, 0.3) is 0 Å². The Morgan fingerprint density at radius 3 is 2.50 bits per heavy atom. The molecule has 0 spiro atoms. The second-order valence-electron chi connectivity index (χ2n) is 3.51. The van der Waals surface area contributed by atoms with Gasteiger partial charge in [-0.2, -0.15) is 5.26 Å². The Kier molecular flexibility index (Phi) is 3.35. The van der Waals surface area contributed by atoms with Crippen molar-refractivity contribution < 1.29 is 5.11 Å². The summed E-state index contributed by atoms with van der Waals surface area (Å²) in [6.45, 7) is 3.92. The van der Waals surface area contributed by atoms with Crippen LogP contribution in [-0.2, 0) is 0 Å². The number of nitriles is 1. The van der Waals surface area contributed by atoms with Crippen molar-refractivity contribution in [3.05, 3.63) is 24.3 Å². The summed E-state index contributed by atoms with van der Waals surface area (Å²) < 4.78 is 0. The van der Waals surface area contributed by atoms with Crippen molar-refractivity contribution >= 4 is 5.69 Å². The predicted molar refractivity (Wildman–Crippen MR) is 56.0 cm³/mol. The van der Waals surface area contributed by atoms with Gasteiger partial charge in [0.15, 0.2) is 0 Å². The Morgan fingerprint density at radius 2 is 2.00 bits per heavy atom. The first-order chi connectivity index (χ1) is 6.65. The van der Waals surface area contributed by atoms with Crippen molar-refractivity contribution in [1.29, 1.82) is 5.26 Å². The summed E-state index contributed by atoms with van der Waals surface area (Å²) in [6.07, 6.45) is 0. The van der Waals surface area contributed by atoms with E-state index >= 15 is 0 Å². The molecule has 0 aliphatic heterocycles. The maximum atomic E-state index is 9.46. The summed E-state index contributed by atoms with van der Waals surface area (Å²) >= 11 is 0. The monoisotopic (exact) mass is 190 g/mol. The van der Waals surface area contributed by atoms with Crippen LogP contribution < -0.4 is 5.32 Å². The van der Waals surface area contributed by atoms with Gasteiger partial charge in [-0.3, -0.25) is 0 Å². The van der Waals surface area contributed by atoms with E-state index in [0.29, 0.717) is 5.69 Å². The lowest BCUT2D eigenvalue weighted by Crippen LogP contribution is -2.23. The second-order valence-corrected chi connectivity index (χ2v) is 3.51. The highest BCUT2D eigenvalue weighted by atomic mass is 16.3. The summed E-state index contributed by atoms with van der Waals surface area (Å²) in [7, 11) is 0. The molecule has 0 amide bonds. The minimum atomic E-state index is -0.275. The van der Waals surface area contributed by atoms with Crippen molar-refractivity contribution in [3.63, 3.8) is 0 Å². The number of benzene rings is 1. The molecule has 0 unspecified atom stereocenters. The van der Waals surface area contributed by atoms with Gasteiger partial charge in [0.05, 0.1) is 11.8 Å². The van der Waals surface area contributed by atoms with Crippen molar-refractivity contribution in [2.24, 2.45) is 5.92 Å². The number of para-hydroxylation sites is 2. The molecule has 1 atom stereocenters. The molecule has 0 aliphatic carbocycles. The average Bonchev–Trinajstić information content (AvgIpc) is 2.16. The van der Waals surface area contributed by atoms with Crippen LogP contribution in [0.5, 0.6) is 5.75 Å². The lowest BCUT2D eigenvalue weighted by atomic mass is 10.1. The molecule has 3 heteroatoms. The molecule has 0 bridgehead atoms. The molecule has 2 N–H and O–H groups in total. The maximum Gasteiger partial charge on any atom is 0.138 e. The Morgan fingerprint density at radius 1 is 1.36 bits per heavy atom. The van der Waals surface area contributed by atoms with Crippen molar-refractivity contribution in [1.82, 2.24) is 0 Å². The molecule has 1 rings (SSSR count). The third-order valence-electron chi connectivity index (χ3n) is 2.02. The van der Waals surface area contributed by atoms with Crippen LogP contribution in [0, 0.1) is 17.2 Å². The van der Waals surface area contributed by atoms with Gasteiger partial charge in [-0.05, 0) is 18.1 Å². The number of rotatable bonds is 3. The van der Waals surface area contributed by atoms with E-state index in [1.807, 2.05) is 19.9 Å². The zero-order valence-corrected chi connectivity index (χ0v) is 8.36. The summed E-state index contributed by atoms with van der Waals surface area (Å²) in [6, 6.07) is 8.79. The van der Waals surface area contributed by atoms with E-state index in [9.17, 15) is 5.11 Å². The smallest absolute Gasteiger partial charge is 0.138 e. The topological polar surface area (TPSA) is 56.0 Å². The zero-order valence-electron chi connectivity index (χ0n) is 8.36. The van der Waals surface area contributed by atoms with Gasteiger partial charge in [0.25, 0.3) is 0 Å². The fourth-order valence-electron chi connectivity index (χ4n) is 1.11. The Labute approximate surface area is 84.0 Å². The number of aromatic hydroxyl groups is 1. The zero-order chi connectivity index (χ0) is 10.6. The first kappa shape index (κ1) is 10.4. The molecule has 14 heavy (non-hydrogen) atoms. The van der Waals surface area contributed by atoms with Gasteiger partial charge < -0.3 is 10.4 Å². The molecular weight excluding hydrogens is 176 g/mol. The molecular formula is C11H14N2O. The number of anilines is 1. The molecule has 1 aromatic carbocycles. The number of hydrogen-bond acceptors (Lipinski definition) is 3. The van der Waals surface area contributed by atoms with E-state index in [1.165, 1.54) is 0 Å². The first-order valence-electron chi connectivity index (χ1n) is 4.59. The van der Waals surface area contributed by atoms with E-state index in [4.69, 9.17) is 5.26 Å². The van der Waals surface area contributed by atoms with Gasteiger partial charge in [-0.1, -0.05) is 26.0 Å².